The average molecular weight is 400 g/mol. The van der Waals surface area contributed by atoms with Crippen LogP contribution in [0.25, 0.3) is 10.9 Å². The van der Waals surface area contributed by atoms with Crippen LogP contribution in [0.15, 0.2) is 18.2 Å². The summed E-state index contributed by atoms with van der Waals surface area (Å²) in [5, 5.41) is 3.77. The molecule has 3 rings (SSSR count). The number of aromatic amines is 1. The third-order valence-corrected chi connectivity index (χ3v) is 5.08. The first kappa shape index (κ1) is 20.9. The fourth-order valence-electron chi connectivity index (χ4n) is 3.48. The molecule has 2 heterocycles. The van der Waals surface area contributed by atoms with E-state index in [0.29, 0.717) is 6.54 Å². The van der Waals surface area contributed by atoms with Crippen molar-refractivity contribution in [3.8, 4) is 0 Å². The van der Waals surface area contributed by atoms with Gasteiger partial charge in [0.2, 0.25) is 17.7 Å². The number of hydrogen-bond acceptors (Lipinski definition) is 4. The highest BCUT2D eigenvalue weighted by Crippen LogP contribution is 2.23. The molecule has 3 amide bonds. The first-order valence-electron chi connectivity index (χ1n) is 9.96. The largest absolute Gasteiger partial charge is 0.376 e. The second-order valence-corrected chi connectivity index (χ2v) is 7.49. The number of amides is 3. The number of fused-ring (bicyclic) bond motifs is 1. The molecule has 0 saturated carbocycles. The fourth-order valence-corrected chi connectivity index (χ4v) is 3.48. The predicted molar refractivity (Wildman–Crippen MR) is 109 cm³/mol. The van der Waals surface area contributed by atoms with Crippen LogP contribution in [-0.2, 0) is 25.5 Å². The van der Waals surface area contributed by atoms with Crippen molar-refractivity contribution in [1.29, 1.82) is 0 Å². The number of aromatic nitrogens is 1. The maximum atomic E-state index is 12.3. The zero-order valence-electron chi connectivity index (χ0n) is 16.9. The number of ether oxygens (including phenoxy) is 1. The molecule has 8 nitrogen and oxygen atoms in total. The molecule has 8 heteroatoms. The van der Waals surface area contributed by atoms with Gasteiger partial charge in [0.1, 0.15) is 0 Å². The van der Waals surface area contributed by atoms with E-state index in [4.69, 9.17) is 4.74 Å². The highest BCUT2D eigenvalue weighted by Gasteiger charge is 2.17. The van der Waals surface area contributed by atoms with Crippen LogP contribution in [0.4, 0.5) is 0 Å². The quantitative estimate of drug-likeness (QED) is 0.528. The van der Waals surface area contributed by atoms with Crippen molar-refractivity contribution < 1.29 is 19.1 Å². The summed E-state index contributed by atoms with van der Waals surface area (Å²) in [4.78, 5) is 39.2. The van der Waals surface area contributed by atoms with Gasteiger partial charge in [-0.15, -0.1) is 0 Å². The summed E-state index contributed by atoms with van der Waals surface area (Å²) in [5.74, 6) is -0.921. The lowest BCUT2D eigenvalue weighted by Gasteiger charge is -2.11. The summed E-state index contributed by atoms with van der Waals surface area (Å²) in [7, 11) is 0. The van der Waals surface area contributed by atoms with Gasteiger partial charge in [0, 0.05) is 42.6 Å². The molecule has 1 fully saturated rings. The minimum atomic E-state index is -0.405. The van der Waals surface area contributed by atoms with Crippen molar-refractivity contribution in [2.45, 2.75) is 52.1 Å². The maximum Gasteiger partial charge on any atom is 0.242 e. The van der Waals surface area contributed by atoms with E-state index in [-0.39, 0.29) is 37.2 Å². The van der Waals surface area contributed by atoms with Gasteiger partial charge < -0.3 is 15.0 Å². The molecule has 29 heavy (non-hydrogen) atoms. The lowest BCUT2D eigenvalue weighted by atomic mass is 10.1. The van der Waals surface area contributed by atoms with Crippen LogP contribution < -0.4 is 16.2 Å². The first-order valence-corrected chi connectivity index (χ1v) is 9.96. The van der Waals surface area contributed by atoms with E-state index in [1.807, 2.05) is 32.0 Å². The Morgan fingerprint density at radius 3 is 2.62 bits per heavy atom. The van der Waals surface area contributed by atoms with Gasteiger partial charge in [0.05, 0.1) is 12.5 Å². The van der Waals surface area contributed by atoms with E-state index in [2.05, 4.69) is 21.2 Å². The highest BCUT2D eigenvalue weighted by molar-refractivity contribution is 5.91. The number of carbonyl (C=O) groups is 3. The Bertz CT molecular complexity index is 899. The molecule has 4 N–H and O–H groups in total. The molecule has 0 unspecified atom stereocenters. The van der Waals surface area contributed by atoms with Crippen LogP contribution in [-0.4, -0.2) is 42.0 Å². The molecule has 0 bridgehead atoms. The van der Waals surface area contributed by atoms with Crippen molar-refractivity contribution in [3.05, 3.63) is 35.0 Å². The molecular weight excluding hydrogens is 372 g/mol. The second kappa shape index (κ2) is 9.56. The van der Waals surface area contributed by atoms with Crippen LogP contribution in [0.2, 0.25) is 0 Å². The van der Waals surface area contributed by atoms with Crippen molar-refractivity contribution in [2.24, 2.45) is 0 Å². The van der Waals surface area contributed by atoms with Crippen LogP contribution >= 0.6 is 0 Å². The third kappa shape index (κ3) is 5.80. The minimum Gasteiger partial charge on any atom is -0.376 e. The molecule has 0 radical (unpaired) electrons. The lowest BCUT2D eigenvalue weighted by molar-refractivity contribution is -0.130. The summed E-state index contributed by atoms with van der Waals surface area (Å²) in [6.45, 7) is 5.13. The molecule has 2 aromatic rings. The summed E-state index contributed by atoms with van der Waals surface area (Å²) >= 11 is 0. The second-order valence-electron chi connectivity index (χ2n) is 7.49. The summed E-state index contributed by atoms with van der Waals surface area (Å²) in [6.07, 6.45) is 2.25. The van der Waals surface area contributed by atoms with Crippen molar-refractivity contribution >= 4 is 28.6 Å². The molecule has 1 aliphatic heterocycles. The number of hydrogen-bond donors (Lipinski definition) is 4. The number of nitrogens with one attached hydrogen (secondary N) is 4. The Kier molecular flexibility index (Phi) is 6.87. The summed E-state index contributed by atoms with van der Waals surface area (Å²) in [5.41, 5.74) is 8.72. The third-order valence-electron chi connectivity index (χ3n) is 5.08. The van der Waals surface area contributed by atoms with E-state index in [1.165, 1.54) is 0 Å². The van der Waals surface area contributed by atoms with Gasteiger partial charge in [-0.2, -0.15) is 0 Å². The van der Waals surface area contributed by atoms with E-state index in [1.54, 1.807) is 0 Å². The SMILES string of the molecule is Cc1ccc2[nH]c(C)c(CC(=O)NNC(=O)CCC(=O)NC[C@H]3CCCO3)c2c1. The van der Waals surface area contributed by atoms with E-state index >= 15 is 0 Å². The number of aryl methyl sites for hydroxylation is 2. The molecule has 0 spiro atoms. The Morgan fingerprint density at radius 1 is 1.10 bits per heavy atom. The van der Waals surface area contributed by atoms with Crippen LogP contribution in [0.5, 0.6) is 0 Å². The van der Waals surface area contributed by atoms with Gasteiger partial charge in [-0.1, -0.05) is 11.6 Å². The highest BCUT2D eigenvalue weighted by atomic mass is 16.5. The van der Waals surface area contributed by atoms with Gasteiger partial charge in [-0.3, -0.25) is 25.2 Å². The van der Waals surface area contributed by atoms with Crippen LogP contribution in [0.3, 0.4) is 0 Å². The Labute approximate surface area is 169 Å². The molecule has 0 aliphatic carbocycles. The zero-order valence-corrected chi connectivity index (χ0v) is 16.9. The average Bonchev–Trinajstić information content (AvgIpc) is 3.31. The smallest absolute Gasteiger partial charge is 0.242 e. The molecule has 1 aliphatic rings. The van der Waals surface area contributed by atoms with Crippen molar-refractivity contribution in [2.75, 3.05) is 13.2 Å². The first-order chi connectivity index (χ1) is 13.9. The van der Waals surface area contributed by atoms with E-state index < -0.39 is 5.91 Å². The van der Waals surface area contributed by atoms with E-state index in [0.717, 1.165) is 47.2 Å². The summed E-state index contributed by atoms with van der Waals surface area (Å²) in [6, 6.07) is 6.04. The molecule has 1 atom stereocenters. The number of benzene rings is 1. The van der Waals surface area contributed by atoms with Gasteiger partial charge >= 0.3 is 0 Å². The predicted octanol–water partition coefficient (Wildman–Crippen LogP) is 1.55. The molecule has 1 aromatic carbocycles. The molecular formula is C21H28N4O4. The molecule has 156 valence electrons. The van der Waals surface area contributed by atoms with Gasteiger partial charge in [-0.25, -0.2) is 0 Å². The van der Waals surface area contributed by atoms with Crippen LogP contribution in [0, 0.1) is 13.8 Å². The van der Waals surface area contributed by atoms with Gasteiger partial charge in [0.15, 0.2) is 0 Å². The number of rotatable bonds is 7. The lowest BCUT2D eigenvalue weighted by Crippen LogP contribution is -2.42. The normalized spacial score (nSPS) is 16.0. The Hall–Kier alpha value is -2.87. The number of carbonyl (C=O) groups excluding carboxylic acids is 3. The van der Waals surface area contributed by atoms with Crippen LogP contribution in [0.1, 0.15) is 42.5 Å². The van der Waals surface area contributed by atoms with Gasteiger partial charge in [0.25, 0.3) is 0 Å². The van der Waals surface area contributed by atoms with E-state index in [9.17, 15) is 14.4 Å². The van der Waals surface area contributed by atoms with Crippen molar-refractivity contribution in [3.63, 3.8) is 0 Å². The standard InChI is InChI=1S/C21H28N4O4/c1-13-5-6-18-17(10-13)16(14(2)23-18)11-21(28)25-24-20(27)8-7-19(26)22-12-15-4-3-9-29-15/h5-6,10,15,23H,3-4,7-9,11-12H2,1-2H3,(H,22,26)(H,24,27)(H,25,28)/t15-/m1/s1. The molecule has 1 saturated heterocycles. The number of H-pyrrole nitrogens is 1. The monoisotopic (exact) mass is 400 g/mol. The molecule has 1 aromatic heterocycles. The summed E-state index contributed by atoms with van der Waals surface area (Å²) < 4.78 is 5.43. The topological polar surface area (TPSA) is 112 Å². The fraction of sp³-hybridized carbons (Fsp3) is 0.476. The number of hydrazine groups is 1. The maximum absolute atomic E-state index is 12.3. The Balaban J connectivity index is 1.40. The van der Waals surface area contributed by atoms with Crippen molar-refractivity contribution in [1.82, 2.24) is 21.2 Å². The zero-order chi connectivity index (χ0) is 20.8. The Morgan fingerprint density at radius 2 is 1.86 bits per heavy atom. The minimum absolute atomic E-state index is 0.00292. The van der Waals surface area contributed by atoms with Gasteiger partial charge in [-0.05, 0) is 44.4 Å².